The molecule has 5 heteroatoms. The molecule has 1 aromatic rings. The molecule has 11 heavy (non-hydrogen) atoms. The molecule has 1 aromatic carbocycles. The lowest BCUT2D eigenvalue weighted by molar-refractivity contribution is 0.378. The van der Waals surface area contributed by atoms with E-state index in [0.717, 1.165) is 0 Å². The van der Waals surface area contributed by atoms with Crippen LogP contribution in [0.1, 0.15) is 0 Å². The van der Waals surface area contributed by atoms with E-state index in [-0.39, 0.29) is 11.5 Å². The van der Waals surface area contributed by atoms with E-state index in [1.807, 2.05) is 0 Å². The van der Waals surface area contributed by atoms with Crippen LogP contribution in [0.25, 0.3) is 0 Å². The summed E-state index contributed by atoms with van der Waals surface area (Å²) in [5.74, 6) is 0.386. The Kier molecular flexibility index (Phi) is 1.20. The lowest BCUT2D eigenvalue weighted by Crippen LogP contribution is -1.81. The van der Waals surface area contributed by atoms with Gasteiger partial charge < -0.3 is 9.05 Å². The normalized spacial score (nSPS) is 18.3. The van der Waals surface area contributed by atoms with Crippen molar-refractivity contribution >= 4 is 7.91 Å². The molecule has 0 atom stereocenters. The summed E-state index contributed by atoms with van der Waals surface area (Å²) in [6.07, 6.45) is 0. The number of rotatable bonds is 0. The summed E-state index contributed by atoms with van der Waals surface area (Å²) in [5, 5.41) is 0. The number of halogens is 1. The van der Waals surface area contributed by atoms with Gasteiger partial charge in [-0.2, -0.15) is 0 Å². The van der Waals surface area contributed by atoms with E-state index in [9.17, 15) is 8.76 Å². The molecule has 1 heterocycles. The minimum atomic E-state index is -4.33. The highest BCUT2D eigenvalue weighted by Gasteiger charge is 2.36. The van der Waals surface area contributed by atoms with Crippen LogP contribution in [-0.2, 0) is 4.57 Å². The van der Waals surface area contributed by atoms with Crippen molar-refractivity contribution in [1.82, 2.24) is 0 Å². The standard InChI is InChI=1S/C6H4FO3P/c7-11(8)9-5-3-1-2-4-6(5)10-11/h1-4H. The minimum absolute atomic E-state index is 0.193. The SMILES string of the molecule is O=P1(F)Oc2ccccc2O1. The molecule has 3 nitrogen and oxygen atoms in total. The van der Waals surface area contributed by atoms with Crippen molar-refractivity contribution in [2.24, 2.45) is 0 Å². The highest BCUT2D eigenvalue weighted by atomic mass is 31.2. The number of benzene rings is 1. The van der Waals surface area contributed by atoms with Crippen LogP contribution < -0.4 is 9.05 Å². The fourth-order valence-electron chi connectivity index (χ4n) is 0.855. The Morgan fingerprint density at radius 2 is 1.64 bits per heavy atom. The topological polar surface area (TPSA) is 35.5 Å². The van der Waals surface area contributed by atoms with Gasteiger partial charge >= 0.3 is 7.91 Å². The fraction of sp³-hybridized carbons (Fsp3) is 0. The largest absolute Gasteiger partial charge is 0.629 e. The third-order valence-corrected chi connectivity index (χ3v) is 2.09. The second-order valence-corrected chi connectivity index (χ2v) is 3.29. The predicted octanol–water partition coefficient (Wildman–Crippen LogP) is 2.54. The summed E-state index contributed by atoms with van der Waals surface area (Å²) < 4.78 is 31.8. The molecule has 0 bridgehead atoms. The number of hydrogen-bond acceptors (Lipinski definition) is 3. The molecule has 0 fully saturated rings. The summed E-state index contributed by atoms with van der Waals surface area (Å²) in [7, 11) is -4.33. The van der Waals surface area contributed by atoms with Gasteiger partial charge in [-0.15, -0.1) is 4.20 Å². The molecule has 0 spiro atoms. The van der Waals surface area contributed by atoms with Gasteiger partial charge in [0.15, 0.2) is 11.5 Å². The van der Waals surface area contributed by atoms with Gasteiger partial charge in [0.25, 0.3) is 0 Å². The lowest BCUT2D eigenvalue weighted by atomic mass is 10.3. The Morgan fingerprint density at radius 1 is 1.18 bits per heavy atom. The summed E-state index contributed by atoms with van der Waals surface area (Å²) in [4.78, 5) is 0. The van der Waals surface area contributed by atoms with E-state index in [0.29, 0.717) is 0 Å². The van der Waals surface area contributed by atoms with Crippen LogP contribution >= 0.6 is 7.91 Å². The third kappa shape index (κ3) is 1.10. The van der Waals surface area contributed by atoms with E-state index in [4.69, 9.17) is 0 Å². The van der Waals surface area contributed by atoms with E-state index < -0.39 is 7.91 Å². The van der Waals surface area contributed by atoms with Crippen molar-refractivity contribution in [3.8, 4) is 11.5 Å². The number of fused-ring (bicyclic) bond motifs is 1. The van der Waals surface area contributed by atoms with Crippen LogP contribution in [0, 0.1) is 0 Å². The Morgan fingerprint density at radius 3 is 2.09 bits per heavy atom. The maximum absolute atomic E-state index is 12.5. The first-order chi connectivity index (χ1) is 5.17. The quantitative estimate of drug-likeness (QED) is 0.567. The van der Waals surface area contributed by atoms with E-state index >= 15 is 0 Å². The third-order valence-electron chi connectivity index (χ3n) is 1.26. The molecule has 0 radical (unpaired) electrons. The maximum Gasteiger partial charge on any atom is 0.629 e. The summed E-state index contributed by atoms with van der Waals surface area (Å²) in [6.45, 7) is 0. The zero-order valence-corrected chi connectivity index (χ0v) is 6.25. The minimum Gasteiger partial charge on any atom is -0.388 e. The molecular formula is C6H4FO3P. The van der Waals surface area contributed by atoms with Gasteiger partial charge in [-0.3, -0.25) is 0 Å². The average Bonchev–Trinajstić information content (AvgIpc) is 2.21. The molecule has 0 aliphatic carbocycles. The molecule has 0 N–H and O–H groups in total. The molecule has 0 aromatic heterocycles. The van der Waals surface area contributed by atoms with Gasteiger partial charge in [-0.1, -0.05) is 12.1 Å². The molecule has 0 unspecified atom stereocenters. The Balaban J connectivity index is 2.49. The Bertz CT molecular complexity index is 309. The molecular weight excluding hydrogens is 170 g/mol. The molecule has 0 saturated heterocycles. The first-order valence-corrected chi connectivity index (χ1v) is 4.39. The summed E-state index contributed by atoms with van der Waals surface area (Å²) in [6, 6.07) is 6.28. The van der Waals surface area contributed by atoms with Crippen molar-refractivity contribution in [2.75, 3.05) is 0 Å². The van der Waals surface area contributed by atoms with Crippen molar-refractivity contribution in [1.29, 1.82) is 0 Å². The van der Waals surface area contributed by atoms with Crippen LogP contribution in [0.5, 0.6) is 11.5 Å². The summed E-state index contributed by atoms with van der Waals surface area (Å²) in [5.41, 5.74) is 0. The maximum atomic E-state index is 12.5. The van der Waals surface area contributed by atoms with Crippen LogP contribution in [0.4, 0.5) is 4.20 Å². The highest BCUT2D eigenvalue weighted by Crippen LogP contribution is 2.58. The van der Waals surface area contributed by atoms with Gasteiger partial charge in [0.2, 0.25) is 0 Å². The van der Waals surface area contributed by atoms with E-state index in [1.54, 1.807) is 12.1 Å². The lowest BCUT2D eigenvalue weighted by Gasteiger charge is -1.94. The average molecular weight is 174 g/mol. The van der Waals surface area contributed by atoms with Crippen molar-refractivity contribution in [3.05, 3.63) is 24.3 Å². The first kappa shape index (κ1) is 6.68. The molecule has 58 valence electrons. The second kappa shape index (κ2) is 1.98. The van der Waals surface area contributed by atoms with Crippen molar-refractivity contribution in [3.63, 3.8) is 0 Å². The second-order valence-electron chi connectivity index (χ2n) is 2.06. The predicted molar refractivity (Wildman–Crippen MR) is 36.4 cm³/mol. The van der Waals surface area contributed by atoms with E-state index in [1.165, 1.54) is 12.1 Å². The van der Waals surface area contributed by atoms with E-state index in [2.05, 4.69) is 9.05 Å². The Labute approximate surface area is 62.4 Å². The fourth-order valence-corrected chi connectivity index (χ4v) is 1.66. The number of para-hydroxylation sites is 2. The zero-order chi connectivity index (χ0) is 7.90. The zero-order valence-electron chi connectivity index (χ0n) is 5.36. The van der Waals surface area contributed by atoms with Gasteiger partial charge in [-0.25, -0.2) is 4.57 Å². The van der Waals surface area contributed by atoms with Crippen LogP contribution in [0.2, 0.25) is 0 Å². The number of hydrogen-bond donors (Lipinski definition) is 0. The van der Waals surface area contributed by atoms with Crippen LogP contribution in [0.3, 0.4) is 0 Å². The summed E-state index contributed by atoms with van der Waals surface area (Å²) >= 11 is 0. The van der Waals surface area contributed by atoms with Crippen molar-refractivity contribution < 1.29 is 17.8 Å². The molecule has 1 aliphatic heterocycles. The van der Waals surface area contributed by atoms with Gasteiger partial charge in [-0.05, 0) is 12.1 Å². The van der Waals surface area contributed by atoms with Gasteiger partial charge in [0, 0.05) is 0 Å². The van der Waals surface area contributed by atoms with Crippen molar-refractivity contribution in [2.45, 2.75) is 0 Å². The molecule has 1 aliphatic rings. The first-order valence-electron chi connectivity index (χ1n) is 2.95. The molecule has 0 saturated carbocycles. The molecule has 0 amide bonds. The van der Waals surface area contributed by atoms with Gasteiger partial charge in [0.1, 0.15) is 0 Å². The highest BCUT2D eigenvalue weighted by molar-refractivity contribution is 7.49. The van der Waals surface area contributed by atoms with Crippen LogP contribution in [0.15, 0.2) is 24.3 Å². The van der Waals surface area contributed by atoms with Crippen LogP contribution in [-0.4, -0.2) is 0 Å². The smallest absolute Gasteiger partial charge is 0.388 e. The van der Waals surface area contributed by atoms with Gasteiger partial charge in [0.05, 0.1) is 0 Å². The Hall–Kier alpha value is -1.02. The molecule has 2 rings (SSSR count). The monoisotopic (exact) mass is 174 g/mol.